The van der Waals surface area contributed by atoms with Crippen molar-refractivity contribution in [2.75, 3.05) is 0 Å². The van der Waals surface area contributed by atoms with E-state index < -0.39 is 38.6 Å². The van der Waals surface area contributed by atoms with Crippen molar-refractivity contribution in [3.05, 3.63) is 54.8 Å². The molecule has 22 heavy (non-hydrogen) atoms. The van der Waals surface area contributed by atoms with Crippen LogP contribution in [-0.4, -0.2) is 19.6 Å². The van der Waals surface area contributed by atoms with Gasteiger partial charge in [0.15, 0.2) is 0 Å². The maximum Gasteiger partial charge on any atom is 0.416 e. The van der Waals surface area contributed by atoms with Gasteiger partial charge in [-0.15, -0.1) is 0 Å². The Balaban J connectivity index is 2.86. The van der Waals surface area contributed by atoms with E-state index in [-0.39, 0.29) is 12.1 Å². The smallest absolute Gasteiger partial charge is 0.258 e. The molecule has 1 aromatic heterocycles. The molecule has 0 N–H and O–H groups in total. The van der Waals surface area contributed by atoms with E-state index in [4.69, 9.17) is 0 Å². The van der Waals surface area contributed by atoms with Crippen molar-refractivity contribution in [1.82, 2.24) is 9.78 Å². The van der Waals surface area contributed by atoms with Crippen LogP contribution in [0, 0.1) is 20.2 Å². The zero-order valence-electron chi connectivity index (χ0n) is 10.2. The van der Waals surface area contributed by atoms with Crippen LogP contribution >= 0.6 is 15.9 Å². The number of nitro benzene ring substituents is 2. The Morgan fingerprint density at radius 2 is 1.64 bits per heavy atom. The minimum atomic E-state index is -4.96. The number of hydrogen-bond donors (Lipinski definition) is 0. The Hall–Kier alpha value is -2.50. The summed E-state index contributed by atoms with van der Waals surface area (Å²) in [5.41, 5.74) is -4.29. The molecule has 1 aromatic carbocycles. The van der Waals surface area contributed by atoms with E-state index in [1.54, 1.807) is 0 Å². The highest BCUT2D eigenvalue weighted by atomic mass is 79.9. The van der Waals surface area contributed by atoms with Crippen LogP contribution in [-0.2, 0) is 6.18 Å². The van der Waals surface area contributed by atoms with Gasteiger partial charge in [0, 0.05) is 18.3 Å². The van der Waals surface area contributed by atoms with Crippen molar-refractivity contribution in [2.45, 2.75) is 6.18 Å². The fourth-order valence-electron chi connectivity index (χ4n) is 1.70. The van der Waals surface area contributed by atoms with Crippen LogP contribution in [0.2, 0.25) is 0 Å². The average molecular weight is 381 g/mol. The Morgan fingerprint density at radius 3 is 1.95 bits per heavy atom. The Kier molecular flexibility index (Phi) is 3.87. The lowest BCUT2D eigenvalue weighted by Gasteiger charge is -2.09. The van der Waals surface area contributed by atoms with Crippen molar-refractivity contribution in [3.63, 3.8) is 0 Å². The van der Waals surface area contributed by atoms with Crippen LogP contribution in [0.5, 0.6) is 0 Å². The van der Waals surface area contributed by atoms with Gasteiger partial charge in [-0.3, -0.25) is 20.2 Å². The van der Waals surface area contributed by atoms with Gasteiger partial charge in [-0.1, -0.05) is 0 Å². The third-order valence-corrected chi connectivity index (χ3v) is 2.98. The van der Waals surface area contributed by atoms with Gasteiger partial charge >= 0.3 is 17.6 Å². The minimum absolute atomic E-state index is 0.234. The summed E-state index contributed by atoms with van der Waals surface area (Å²) in [4.78, 5) is 19.8. The largest absolute Gasteiger partial charge is 0.416 e. The van der Waals surface area contributed by atoms with Crippen LogP contribution in [0.1, 0.15) is 5.56 Å². The predicted octanol–water partition coefficient (Wildman–Crippen LogP) is 3.47. The topological polar surface area (TPSA) is 104 Å². The highest BCUT2D eigenvalue weighted by Gasteiger charge is 2.38. The third kappa shape index (κ3) is 2.90. The summed E-state index contributed by atoms with van der Waals surface area (Å²) in [5.74, 6) is 0. The van der Waals surface area contributed by atoms with Gasteiger partial charge < -0.3 is 0 Å². The van der Waals surface area contributed by atoms with E-state index in [2.05, 4.69) is 21.0 Å². The molecule has 0 atom stereocenters. The summed E-state index contributed by atoms with van der Waals surface area (Å²) < 4.78 is 39.3. The van der Waals surface area contributed by atoms with E-state index in [0.717, 1.165) is 10.9 Å². The second-order valence-corrected chi connectivity index (χ2v) is 4.89. The van der Waals surface area contributed by atoms with E-state index in [9.17, 15) is 33.4 Å². The Bertz CT molecular complexity index is 739. The first-order chi connectivity index (χ1) is 10.1. The second-order valence-electron chi connectivity index (χ2n) is 3.98. The molecule has 0 saturated carbocycles. The lowest BCUT2D eigenvalue weighted by molar-refractivity contribution is -0.394. The molecule has 8 nitrogen and oxygen atoms in total. The van der Waals surface area contributed by atoms with E-state index in [0.29, 0.717) is 4.47 Å². The van der Waals surface area contributed by atoms with Crippen LogP contribution in [0.25, 0.3) is 5.69 Å². The van der Waals surface area contributed by atoms with Gasteiger partial charge in [0.25, 0.3) is 0 Å². The molecule has 116 valence electrons. The molecular formula is C10H4BrF3N4O4. The fourth-order valence-corrected chi connectivity index (χ4v) is 1.99. The number of alkyl halides is 3. The van der Waals surface area contributed by atoms with Gasteiger partial charge in [-0.2, -0.15) is 18.3 Å². The van der Waals surface area contributed by atoms with Crippen molar-refractivity contribution in [3.8, 4) is 5.69 Å². The lowest BCUT2D eigenvalue weighted by atomic mass is 10.1. The molecule has 0 amide bonds. The lowest BCUT2D eigenvalue weighted by Crippen LogP contribution is -2.11. The number of hydrogen-bond acceptors (Lipinski definition) is 5. The summed E-state index contributed by atoms with van der Waals surface area (Å²) in [5, 5.41) is 25.7. The number of nitrogens with zero attached hydrogens (tertiary/aromatic N) is 4. The highest BCUT2D eigenvalue weighted by molar-refractivity contribution is 9.10. The Morgan fingerprint density at radius 1 is 1.14 bits per heavy atom. The first kappa shape index (κ1) is 15.9. The molecule has 0 aliphatic carbocycles. The zero-order valence-corrected chi connectivity index (χ0v) is 11.8. The number of nitro groups is 2. The van der Waals surface area contributed by atoms with Gasteiger partial charge in [0.2, 0.25) is 5.69 Å². The van der Waals surface area contributed by atoms with Crippen molar-refractivity contribution in [1.29, 1.82) is 0 Å². The first-order valence-electron chi connectivity index (χ1n) is 5.36. The molecule has 1 heterocycles. The van der Waals surface area contributed by atoms with Crippen LogP contribution in [0.15, 0.2) is 29.0 Å². The van der Waals surface area contributed by atoms with Crippen molar-refractivity contribution in [2.24, 2.45) is 0 Å². The SMILES string of the molecule is O=[N+]([O-])c1cc(C(F)(F)F)cc([N+](=O)[O-])c1-n1cc(Br)cn1. The van der Waals surface area contributed by atoms with Crippen molar-refractivity contribution >= 4 is 27.3 Å². The molecular weight excluding hydrogens is 377 g/mol. The molecule has 0 aliphatic heterocycles. The van der Waals surface area contributed by atoms with Gasteiger partial charge in [-0.05, 0) is 15.9 Å². The summed E-state index contributed by atoms with van der Waals surface area (Å²) in [6, 6.07) is 0.468. The average Bonchev–Trinajstić information content (AvgIpc) is 2.82. The number of rotatable bonds is 3. The number of aromatic nitrogens is 2. The van der Waals surface area contributed by atoms with Crippen LogP contribution in [0.3, 0.4) is 0 Å². The predicted molar refractivity (Wildman–Crippen MR) is 69.6 cm³/mol. The molecule has 0 unspecified atom stereocenters. The molecule has 0 radical (unpaired) electrons. The molecule has 0 saturated heterocycles. The molecule has 12 heteroatoms. The van der Waals surface area contributed by atoms with Gasteiger partial charge in [-0.25, -0.2) is 4.68 Å². The maximum atomic E-state index is 12.7. The minimum Gasteiger partial charge on any atom is -0.258 e. The van der Waals surface area contributed by atoms with E-state index in [1.807, 2.05) is 0 Å². The Labute approximate surface area is 127 Å². The third-order valence-electron chi connectivity index (χ3n) is 2.57. The fraction of sp³-hybridized carbons (Fsp3) is 0.100. The second kappa shape index (κ2) is 5.36. The molecule has 0 aliphatic rings. The summed E-state index contributed by atoms with van der Waals surface area (Å²) in [6.45, 7) is 0. The van der Waals surface area contributed by atoms with E-state index in [1.165, 1.54) is 6.20 Å². The summed E-state index contributed by atoms with van der Waals surface area (Å²) in [7, 11) is 0. The van der Waals surface area contributed by atoms with Crippen LogP contribution in [0.4, 0.5) is 24.5 Å². The molecule has 0 spiro atoms. The first-order valence-corrected chi connectivity index (χ1v) is 6.15. The van der Waals surface area contributed by atoms with Crippen molar-refractivity contribution < 1.29 is 23.0 Å². The molecule has 0 bridgehead atoms. The summed E-state index contributed by atoms with van der Waals surface area (Å²) in [6.07, 6.45) is -2.62. The molecule has 0 fully saturated rings. The van der Waals surface area contributed by atoms with E-state index >= 15 is 0 Å². The number of benzene rings is 1. The monoisotopic (exact) mass is 380 g/mol. The van der Waals surface area contributed by atoms with Crippen LogP contribution < -0.4 is 0 Å². The normalized spacial score (nSPS) is 11.5. The highest BCUT2D eigenvalue weighted by Crippen LogP contribution is 2.39. The maximum absolute atomic E-state index is 12.7. The molecule has 2 rings (SSSR count). The molecule has 2 aromatic rings. The zero-order chi connectivity index (χ0) is 16.7. The summed E-state index contributed by atoms with van der Waals surface area (Å²) >= 11 is 3.00. The van der Waals surface area contributed by atoms with Gasteiger partial charge in [0.1, 0.15) is 0 Å². The standard InChI is InChI=1S/C10H4BrF3N4O4/c11-6-3-15-16(4-6)9-7(17(19)20)1-5(10(12,13)14)2-8(9)18(21)22/h1-4H. The quantitative estimate of drug-likeness (QED) is 0.598. The van der Waals surface area contributed by atoms with Gasteiger partial charge in [0.05, 0.1) is 26.1 Å². The number of halogens is 4.